The molecule has 2 aromatic rings. The molecule has 118 valence electrons. The molecule has 1 N–H and O–H groups in total. The molecule has 7 heteroatoms. The highest BCUT2D eigenvalue weighted by Gasteiger charge is 2.32. The second-order valence-electron chi connectivity index (χ2n) is 5.78. The van der Waals surface area contributed by atoms with E-state index >= 15 is 0 Å². The Hall–Kier alpha value is -2.88. The molecule has 0 saturated carbocycles. The van der Waals surface area contributed by atoms with Gasteiger partial charge in [-0.2, -0.15) is 10.4 Å². The zero-order valence-corrected chi connectivity index (χ0v) is 13.2. The first-order chi connectivity index (χ1) is 11.1. The minimum Gasteiger partial charge on any atom is -0.361 e. The lowest BCUT2D eigenvalue weighted by molar-refractivity contribution is 0.0732. The first-order valence-electron chi connectivity index (χ1n) is 7.50. The third kappa shape index (κ3) is 2.88. The van der Waals surface area contributed by atoms with Crippen LogP contribution in [-0.4, -0.2) is 46.6 Å². The van der Waals surface area contributed by atoms with Crippen LogP contribution in [0.2, 0.25) is 0 Å². The van der Waals surface area contributed by atoms with Gasteiger partial charge in [-0.3, -0.25) is 4.79 Å². The number of nitriles is 1. The van der Waals surface area contributed by atoms with E-state index in [9.17, 15) is 4.79 Å². The van der Waals surface area contributed by atoms with Crippen LogP contribution in [0.3, 0.4) is 0 Å². The Morgan fingerprint density at radius 2 is 2.26 bits per heavy atom. The summed E-state index contributed by atoms with van der Waals surface area (Å²) in [4.78, 5) is 19.2. The number of anilines is 1. The average molecular weight is 310 g/mol. The summed E-state index contributed by atoms with van der Waals surface area (Å²) in [7, 11) is 3.82. The van der Waals surface area contributed by atoms with E-state index in [1.54, 1.807) is 12.3 Å². The zero-order chi connectivity index (χ0) is 16.4. The lowest BCUT2D eigenvalue weighted by Crippen LogP contribution is -2.31. The number of H-pyrrole nitrogens is 1. The number of hydrogen-bond donors (Lipinski definition) is 1. The van der Waals surface area contributed by atoms with Crippen LogP contribution in [0.15, 0.2) is 24.4 Å². The minimum atomic E-state index is -0.0799. The Kier molecular flexibility index (Phi) is 3.98. The molecule has 0 aliphatic carbocycles. The van der Waals surface area contributed by atoms with Gasteiger partial charge in [0, 0.05) is 26.8 Å². The molecule has 1 fully saturated rings. The molecule has 3 heterocycles. The number of aromatic amines is 1. The molecule has 0 radical (unpaired) electrons. The summed E-state index contributed by atoms with van der Waals surface area (Å²) in [6.45, 7) is 0.688. The molecule has 7 nitrogen and oxygen atoms in total. The summed E-state index contributed by atoms with van der Waals surface area (Å²) in [5.74, 6) is 0.706. The molecule has 1 unspecified atom stereocenters. The number of rotatable bonds is 3. The number of amides is 1. The number of hydrogen-bond acceptors (Lipinski definition) is 5. The van der Waals surface area contributed by atoms with Gasteiger partial charge in [0.1, 0.15) is 11.8 Å². The van der Waals surface area contributed by atoms with E-state index in [1.807, 2.05) is 42.1 Å². The molecule has 1 aliphatic heterocycles. The van der Waals surface area contributed by atoms with E-state index in [-0.39, 0.29) is 11.9 Å². The summed E-state index contributed by atoms with van der Waals surface area (Å²) in [6, 6.07) is 7.35. The number of likely N-dealkylation sites (tertiary alicyclic amines) is 1. The van der Waals surface area contributed by atoms with Gasteiger partial charge in [-0.1, -0.05) is 0 Å². The number of carbonyl (C=O) groups excluding carboxylic acids is 1. The predicted octanol–water partition coefficient (Wildman–Crippen LogP) is 1.72. The van der Waals surface area contributed by atoms with E-state index in [4.69, 9.17) is 5.26 Å². The molecular formula is C16H18N6O. The van der Waals surface area contributed by atoms with Crippen LogP contribution in [0.1, 0.15) is 40.6 Å². The third-order valence-electron chi connectivity index (χ3n) is 4.03. The standard InChI is InChI=1S/C16H18N6O/c1-21(2)15-6-5-13(19-20-15)14-4-3-7-22(14)16(23)11-8-12(9-17)18-10-11/h5-6,8,10,14,18H,3-4,7H2,1-2H3. The largest absolute Gasteiger partial charge is 0.361 e. The van der Waals surface area contributed by atoms with Gasteiger partial charge in [-0.15, -0.1) is 5.10 Å². The maximum Gasteiger partial charge on any atom is 0.256 e. The Labute approximate surface area is 134 Å². The summed E-state index contributed by atoms with van der Waals surface area (Å²) in [5.41, 5.74) is 1.70. The van der Waals surface area contributed by atoms with E-state index in [2.05, 4.69) is 15.2 Å². The number of nitrogens with zero attached hydrogens (tertiary/aromatic N) is 5. The Bertz CT molecular complexity index is 743. The van der Waals surface area contributed by atoms with Crippen molar-refractivity contribution in [3.05, 3.63) is 41.3 Å². The fraction of sp³-hybridized carbons (Fsp3) is 0.375. The Balaban J connectivity index is 1.82. The first kappa shape index (κ1) is 15.0. The maximum atomic E-state index is 12.7. The average Bonchev–Trinajstić information content (AvgIpc) is 3.23. The highest BCUT2D eigenvalue weighted by atomic mass is 16.2. The van der Waals surface area contributed by atoms with Crippen molar-refractivity contribution in [2.45, 2.75) is 18.9 Å². The van der Waals surface area contributed by atoms with E-state index < -0.39 is 0 Å². The molecule has 23 heavy (non-hydrogen) atoms. The van der Waals surface area contributed by atoms with Gasteiger partial charge in [0.05, 0.1) is 17.3 Å². The Morgan fingerprint density at radius 3 is 2.87 bits per heavy atom. The highest BCUT2D eigenvalue weighted by molar-refractivity contribution is 5.94. The number of nitrogens with one attached hydrogen (secondary N) is 1. The quantitative estimate of drug-likeness (QED) is 0.932. The molecule has 0 spiro atoms. The maximum absolute atomic E-state index is 12.7. The predicted molar refractivity (Wildman–Crippen MR) is 84.9 cm³/mol. The monoisotopic (exact) mass is 310 g/mol. The third-order valence-corrected chi connectivity index (χ3v) is 4.03. The first-order valence-corrected chi connectivity index (χ1v) is 7.50. The van der Waals surface area contributed by atoms with Crippen molar-refractivity contribution >= 4 is 11.7 Å². The summed E-state index contributed by atoms with van der Waals surface area (Å²) in [5, 5.41) is 17.3. The van der Waals surface area contributed by atoms with Crippen molar-refractivity contribution < 1.29 is 4.79 Å². The van der Waals surface area contributed by atoms with Crippen LogP contribution in [0.5, 0.6) is 0 Å². The van der Waals surface area contributed by atoms with E-state index in [0.717, 1.165) is 24.4 Å². The highest BCUT2D eigenvalue weighted by Crippen LogP contribution is 2.32. The fourth-order valence-electron chi connectivity index (χ4n) is 2.82. The molecule has 1 atom stereocenters. The molecule has 1 amide bonds. The Morgan fingerprint density at radius 1 is 1.43 bits per heavy atom. The second-order valence-corrected chi connectivity index (χ2v) is 5.78. The van der Waals surface area contributed by atoms with Crippen molar-refractivity contribution in [3.8, 4) is 6.07 Å². The topological polar surface area (TPSA) is 88.9 Å². The van der Waals surface area contributed by atoms with Gasteiger partial charge in [-0.05, 0) is 31.0 Å². The summed E-state index contributed by atoms with van der Waals surface area (Å²) < 4.78 is 0. The molecule has 2 aromatic heterocycles. The summed E-state index contributed by atoms with van der Waals surface area (Å²) >= 11 is 0. The molecule has 0 aromatic carbocycles. The molecular weight excluding hydrogens is 292 g/mol. The van der Waals surface area contributed by atoms with Crippen molar-refractivity contribution in [3.63, 3.8) is 0 Å². The molecule has 1 saturated heterocycles. The zero-order valence-electron chi connectivity index (χ0n) is 13.2. The van der Waals surface area contributed by atoms with E-state index in [0.29, 0.717) is 17.8 Å². The molecule has 0 bridgehead atoms. The lowest BCUT2D eigenvalue weighted by atomic mass is 10.1. The van der Waals surface area contributed by atoms with Crippen molar-refractivity contribution in [2.75, 3.05) is 25.5 Å². The van der Waals surface area contributed by atoms with Crippen LogP contribution < -0.4 is 4.90 Å². The van der Waals surface area contributed by atoms with Crippen molar-refractivity contribution in [2.24, 2.45) is 0 Å². The smallest absolute Gasteiger partial charge is 0.256 e. The van der Waals surface area contributed by atoms with E-state index in [1.165, 1.54) is 0 Å². The number of aromatic nitrogens is 3. The minimum absolute atomic E-state index is 0.0633. The van der Waals surface area contributed by atoms with Crippen molar-refractivity contribution in [1.29, 1.82) is 5.26 Å². The van der Waals surface area contributed by atoms with Gasteiger partial charge in [0.15, 0.2) is 5.82 Å². The van der Waals surface area contributed by atoms with Crippen molar-refractivity contribution in [1.82, 2.24) is 20.1 Å². The van der Waals surface area contributed by atoms with Crippen LogP contribution in [0.25, 0.3) is 0 Å². The van der Waals surface area contributed by atoms with Crippen LogP contribution in [0.4, 0.5) is 5.82 Å². The second kappa shape index (κ2) is 6.08. The lowest BCUT2D eigenvalue weighted by Gasteiger charge is -2.24. The van der Waals surface area contributed by atoms with Crippen LogP contribution >= 0.6 is 0 Å². The van der Waals surface area contributed by atoms with Gasteiger partial charge < -0.3 is 14.8 Å². The fourth-order valence-corrected chi connectivity index (χ4v) is 2.82. The van der Waals surface area contributed by atoms with Gasteiger partial charge in [0.2, 0.25) is 0 Å². The van der Waals surface area contributed by atoms with Gasteiger partial charge in [0.25, 0.3) is 5.91 Å². The summed E-state index contributed by atoms with van der Waals surface area (Å²) in [6.07, 6.45) is 3.39. The molecule has 1 aliphatic rings. The molecule has 3 rings (SSSR count). The van der Waals surface area contributed by atoms with Crippen LogP contribution in [0, 0.1) is 11.3 Å². The normalized spacial score (nSPS) is 17.1. The number of carbonyl (C=O) groups is 1. The van der Waals surface area contributed by atoms with Crippen LogP contribution in [-0.2, 0) is 0 Å². The van der Waals surface area contributed by atoms with Gasteiger partial charge in [-0.25, -0.2) is 0 Å². The SMILES string of the molecule is CN(C)c1ccc(C2CCCN2C(=O)c2c[nH]c(C#N)c2)nn1. The van der Waals surface area contributed by atoms with Gasteiger partial charge >= 0.3 is 0 Å².